The van der Waals surface area contributed by atoms with Crippen molar-refractivity contribution in [3.63, 3.8) is 0 Å². The third-order valence-corrected chi connectivity index (χ3v) is 1.63. The van der Waals surface area contributed by atoms with Crippen molar-refractivity contribution < 1.29 is 22.7 Å². The second kappa shape index (κ2) is 8.16. The first-order valence-corrected chi connectivity index (χ1v) is 3.79. The van der Waals surface area contributed by atoms with Gasteiger partial charge in [-0.25, -0.2) is 0 Å². The van der Waals surface area contributed by atoms with E-state index in [-0.39, 0.29) is 38.1 Å². The average Bonchev–Trinajstić information content (AvgIpc) is 1.79. The van der Waals surface area contributed by atoms with E-state index in [1.165, 1.54) is 0 Å². The molecule has 0 amide bonds. The Morgan fingerprint density at radius 1 is 1.27 bits per heavy atom. The normalized spacial score (nSPS) is 8.36. The summed E-state index contributed by atoms with van der Waals surface area (Å²) in [6.45, 7) is 0. The zero-order valence-corrected chi connectivity index (χ0v) is 8.18. The molecule has 62 valence electrons. The minimum Gasteiger partial charge on any atom is -1.00 e. The predicted octanol–water partition coefficient (Wildman–Crippen LogP) is 0.123. The molecule has 0 fully saturated rings. The molecule has 11 heavy (non-hydrogen) atoms. The van der Waals surface area contributed by atoms with Gasteiger partial charge < -0.3 is 13.1 Å². The van der Waals surface area contributed by atoms with Gasteiger partial charge in [0, 0.05) is 5.75 Å². The van der Waals surface area contributed by atoms with Gasteiger partial charge in [-0.05, 0) is 0 Å². The van der Waals surface area contributed by atoms with Crippen molar-refractivity contribution in [2.24, 2.45) is 0 Å². The summed E-state index contributed by atoms with van der Waals surface area (Å²) in [5.41, 5.74) is 0. The van der Waals surface area contributed by atoms with Crippen molar-refractivity contribution in [2.45, 2.75) is 6.42 Å². The van der Waals surface area contributed by atoms with Crippen LogP contribution in [-0.2, 0) is 9.59 Å². The van der Waals surface area contributed by atoms with Crippen LogP contribution < -0.4 is 0 Å². The molecule has 0 heterocycles. The van der Waals surface area contributed by atoms with Gasteiger partial charge in [0.15, 0.2) is 0 Å². The third kappa shape index (κ3) is 13.1. The molecule has 0 atom stereocenters. The van der Waals surface area contributed by atoms with E-state index < -0.39 is 11.9 Å². The van der Waals surface area contributed by atoms with Gasteiger partial charge in [-0.2, -0.15) is 0 Å². The standard InChI is InChI=1S/C5H8O4S.Mg.2H/c6-4(7)1-2-10-3-5(8)9;;;/h1-3H2,(H,6,7)(H,8,9);;;/q;+2;2*-1. The molecule has 0 saturated heterocycles. The second-order valence-corrected chi connectivity index (χ2v) is 2.70. The molecule has 6 heteroatoms. The van der Waals surface area contributed by atoms with E-state index in [0.717, 1.165) is 11.8 Å². The Morgan fingerprint density at radius 2 is 1.82 bits per heavy atom. The fraction of sp³-hybridized carbons (Fsp3) is 0.600. The Morgan fingerprint density at radius 3 is 2.18 bits per heavy atom. The molecule has 0 aromatic carbocycles. The van der Waals surface area contributed by atoms with Crippen LogP contribution in [0.3, 0.4) is 0 Å². The van der Waals surface area contributed by atoms with Crippen LogP contribution in [0.5, 0.6) is 0 Å². The first-order chi connectivity index (χ1) is 4.63. The van der Waals surface area contributed by atoms with Crippen molar-refractivity contribution in [3.05, 3.63) is 0 Å². The van der Waals surface area contributed by atoms with Gasteiger partial charge in [0.05, 0.1) is 12.2 Å². The Kier molecular flexibility index (Phi) is 10.1. The van der Waals surface area contributed by atoms with E-state index in [0.29, 0.717) is 5.75 Å². The van der Waals surface area contributed by atoms with Crippen LogP contribution in [0.4, 0.5) is 0 Å². The van der Waals surface area contributed by atoms with E-state index in [4.69, 9.17) is 10.2 Å². The summed E-state index contributed by atoms with van der Waals surface area (Å²) in [5, 5.41) is 16.2. The van der Waals surface area contributed by atoms with Gasteiger partial charge in [0.2, 0.25) is 0 Å². The van der Waals surface area contributed by atoms with E-state index in [2.05, 4.69) is 0 Å². The summed E-state index contributed by atoms with van der Waals surface area (Å²) in [6, 6.07) is 0. The van der Waals surface area contributed by atoms with Gasteiger partial charge in [0.25, 0.3) is 0 Å². The molecule has 0 rings (SSSR count). The van der Waals surface area contributed by atoms with Gasteiger partial charge in [-0.3, -0.25) is 9.59 Å². The van der Waals surface area contributed by atoms with E-state index in [1.807, 2.05) is 0 Å². The fourth-order valence-corrected chi connectivity index (χ4v) is 0.957. The summed E-state index contributed by atoms with van der Waals surface area (Å²) in [6.07, 6.45) is 0.0257. The van der Waals surface area contributed by atoms with Crippen LogP contribution in [0.15, 0.2) is 0 Å². The summed E-state index contributed by atoms with van der Waals surface area (Å²) >= 11 is 1.11. The van der Waals surface area contributed by atoms with E-state index in [9.17, 15) is 9.59 Å². The molecular weight excluding hydrogens is 180 g/mol. The number of hydrogen-bond donors (Lipinski definition) is 2. The van der Waals surface area contributed by atoms with E-state index >= 15 is 0 Å². The maximum atomic E-state index is 9.88. The monoisotopic (exact) mass is 190 g/mol. The molecule has 0 aromatic heterocycles. The molecule has 0 unspecified atom stereocenters. The molecule has 0 aliphatic carbocycles. The van der Waals surface area contributed by atoms with Gasteiger partial charge in [-0.15, -0.1) is 11.8 Å². The first kappa shape index (κ1) is 13.6. The molecular formula is C5H10MgO4S. The van der Waals surface area contributed by atoms with Gasteiger partial charge in [-0.1, -0.05) is 0 Å². The Bertz CT molecular complexity index is 130. The third-order valence-electron chi connectivity index (χ3n) is 0.686. The maximum Gasteiger partial charge on any atom is 2.00 e. The molecule has 0 spiro atoms. The van der Waals surface area contributed by atoms with Gasteiger partial charge in [0.1, 0.15) is 0 Å². The van der Waals surface area contributed by atoms with Gasteiger partial charge >= 0.3 is 35.0 Å². The van der Waals surface area contributed by atoms with Crippen LogP contribution in [0.2, 0.25) is 0 Å². The predicted molar refractivity (Wildman–Crippen MR) is 45.2 cm³/mol. The van der Waals surface area contributed by atoms with Crippen molar-refractivity contribution in [3.8, 4) is 0 Å². The number of aliphatic carboxylic acids is 2. The van der Waals surface area contributed by atoms with E-state index in [1.54, 1.807) is 0 Å². The van der Waals surface area contributed by atoms with Crippen LogP contribution in [0.1, 0.15) is 9.27 Å². The minimum absolute atomic E-state index is 0. The molecule has 0 bridgehead atoms. The molecule has 2 N–H and O–H groups in total. The minimum atomic E-state index is -0.907. The summed E-state index contributed by atoms with van der Waals surface area (Å²) in [4.78, 5) is 19.8. The molecule has 0 aliphatic rings. The number of carboxylic acid groups (broad SMARTS) is 2. The zero-order chi connectivity index (χ0) is 7.98. The summed E-state index contributed by atoms with van der Waals surface area (Å²) in [5.74, 6) is -1.46. The number of thioether (sulfide) groups is 1. The quantitative estimate of drug-likeness (QED) is 0.476. The Labute approximate surface area is 87.5 Å². The Balaban J connectivity index is -0.000000135. The van der Waals surface area contributed by atoms with Crippen LogP contribution in [0.25, 0.3) is 0 Å². The maximum absolute atomic E-state index is 9.88. The molecule has 0 aromatic rings. The smallest absolute Gasteiger partial charge is 1.00 e. The number of carbonyl (C=O) groups is 2. The van der Waals surface area contributed by atoms with Crippen LogP contribution >= 0.6 is 11.8 Å². The number of carboxylic acids is 2. The summed E-state index contributed by atoms with van der Waals surface area (Å²) < 4.78 is 0. The largest absolute Gasteiger partial charge is 2.00 e. The molecule has 0 saturated carbocycles. The Hall–Kier alpha value is 0.0562. The molecule has 0 radical (unpaired) electrons. The molecule has 4 nitrogen and oxygen atoms in total. The average molecular weight is 191 g/mol. The van der Waals surface area contributed by atoms with Crippen LogP contribution in [-0.4, -0.2) is 56.7 Å². The first-order valence-electron chi connectivity index (χ1n) is 2.64. The number of hydrogen-bond acceptors (Lipinski definition) is 3. The van der Waals surface area contributed by atoms with Crippen molar-refractivity contribution in [1.29, 1.82) is 0 Å². The topological polar surface area (TPSA) is 74.6 Å². The molecule has 0 aliphatic heterocycles. The zero-order valence-electron chi connectivity index (χ0n) is 7.95. The van der Waals surface area contributed by atoms with Crippen molar-refractivity contribution >= 4 is 46.8 Å². The van der Waals surface area contributed by atoms with Crippen molar-refractivity contribution in [2.75, 3.05) is 11.5 Å². The van der Waals surface area contributed by atoms with Crippen LogP contribution in [0, 0.1) is 0 Å². The second-order valence-electron chi connectivity index (χ2n) is 1.59. The SMILES string of the molecule is O=C(O)CCSCC(=O)O.[H-].[H-].[Mg+2]. The fourth-order valence-electron chi connectivity index (χ4n) is 0.319. The summed E-state index contributed by atoms with van der Waals surface area (Å²) in [7, 11) is 0. The number of rotatable bonds is 5. The van der Waals surface area contributed by atoms with Crippen molar-refractivity contribution in [1.82, 2.24) is 0 Å².